The molecule has 180 valence electrons. The zero-order valence-electron chi connectivity index (χ0n) is 18.7. The highest BCUT2D eigenvalue weighted by molar-refractivity contribution is 7.10. The monoisotopic (exact) mass is 492 g/mol. The standard InChI is InChI=1S/C23H24F4N6S/c1-12-6-18(34-31-12)32-10-17-19(22(17,2)11-32)28-21-29-20-16(4-3-5-33(20)30-21)13-7-14(23(25,26)27)9-15(24)8-13/h6-9,16-17,19H,3-5,10-11H2,1-2H3,(H,28,30)/t16?,17-,19-,22?/m0/s1. The van der Waals surface area contributed by atoms with E-state index >= 15 is 0 Å². The molecule has 0 spiro atoms. The number of anilines is 2. The first-order valence-electron chi connectivity index (χ1n) is 11.4. The van der Waals surface area contributed by atoms with Crippen molar-refractivity contribution in [2.75, 3.05) is 23.3 Å². The van der Waals surface area contributed by atoms with Gasteiger partial charge in [0.1, 0.15) is 16.6 Å². The van der Waals surface area contributed by atoms with Gasteiger partial charge in [-0.2, -0.15) is 22.5 Å². The lowest BCUT2D eigenvalue weighted by atomic mass is 9.90. The van der Waals surface area contributed by atoms with E-state index in [0.717, 1.165) is 31.3 Å². The van der Waals surface area contributed by atoms with Crippen molar-refractivity contribution in [2.45, 2.75) is 51.4 Å². The molecule has 0 bridgehead atoms. The summed E-state index contributed by atoms with van der Waals surface area (Å²) in [6.45, 7) is 6.77. The van der Waals surface area contributed by atoms with Crippen LogP contribution < -0.4 is 10.2 Å². The number of fused-ring (bicyclic) bond motifs is 2. The predicted octanol–water partition coefficient (Wildman–Crippen LogP) is 5.06. The summed E-state index contributed by atoms with van der Waals surface area (Å²) in [5, 5.41) is 9.26. The Labute approximate surface area is 198 Å². The van der Waals surface area contributed by atoms with Gasteiger partial charge in [0.25, 0.3) is 0 Å². The number of aromatic nitrogens is 4. The third kappa shape index (κ3) is 3.55. The lowest BCUT2D eigenvalue weighted by molar-refractivity contribution is -0.137. The molecule has 0 radical (unpaired) electrons. The van der Waals surface area contributed by atoms with Crippen molar-refractivity contribution in [2.24, 2.45) is 11.3 Å². The molecular formula is C23H24F4N6S. The van der Waals surface area contributed by atoms with Gasteiger partial charge in [0, 0.05) is 42.9 Å². The number of rotatable bonds is 4. The molecule has 4 atom stereocenters. The maximum Gasteiger partial charge on any atom is 0.416 e. The van der Waals surface area contributed by atoms with Gasteiger partial charge in [-0.15, -0.1) is 5.10 Å². The molecule has 1 aliphatic carbocycles. The molecule has 2 unspecified atom stereocenters. The maximum atomic E-state index is 14.0. The number of piperidine rings is 1. The predicted molar refractivity (Wildman–Crippen MR) is 121 cm³/mol. The summed E-state index contributed by atoms with van der Waals surface area (Å²) in [6.07, 6.45) is -3.26. The van der Waals surface area contributed by atoms with Gasteiger partial charge in [0.2, 0.25) is 5.95 Å². The summed E-state index contributed by atoms with van der Waals surface area (Å²) in [4.78, 5) is 7.04. The Balaban J connectivity index is 1.20. The molecule has 34 heavy (non-hydrogen) atoms. The van der Waals surface area contributed by atoms with Gasteiger partial charge in [-0.1, -0.05) is 6.92 Å². The van der Waals surface area contributed by atoms with Gasteiger partial charge in [-0.25, -0.2) is 9.07 Å². The van der Waals surface area contributed by atoms with E-state index in [1.807, 2.05) is 6.92 Å². The molecule has 3 aromatic rings. The second-order valence-electron chi connectivity index (χ2n) is 9.90. The van der Waals surface area contributed by atoms with Crippen LogP contribution in [0.2, 0.25) is 0 Å². The smallest absolute Gasteiger partial charge is 0.361 e. The number of benzene rings is 1. The van der Waals surface area contributed by atoms with E-state index in [2.05, 4.69) is 37.7 Å². The first kappa shape index (κ1) is 21.8. The molecule has 11 heteroatoms. The molecule has 6 rings (SSSR count). The van der Waals surface area contributed by atoms with Gasteiger partial charge in [0.15, 0.2) is 0 Å². The van der Waals surface area contributed by atoms with E-state index in [9.17, 15) is 17.6 Å². The van der Waals surface area contributed by atoms with Gasteiger partial charge < -0.3 is 10.2 Å². The Hall–Kier alpha value is -2.69. The van der Waals surface area contributed by atoms with Crippen molar-refractivity contribution in [1.82, 2.24) is 19.1 Å². The summed E-state index contributed by atoms with van der Waals surface area (Å²) >= 11 is 1.52. The minimum atomic E-state index is -4.60. The summed E-state index contributed by atoms with van der Waals surface area (Å²) in [5.41, 5.74) is 0.450. The second-order valence-corrected chi connectivity index (χ2v) is 10.7. The number of nitrogens with zero attached hydrogens (tertiary/aromatic N) is 5. The molecule has 1 N–H and O–H groups in total. The van der Waals surface area contributed by atoms with Crippen LogP contribution in [-0.2, 0) is 12.7 Å². The molecule has 3 aliphatic rings. The van der Waals surface area contributed by atoms with Crippen LogP contribution >= 0.6 is 11.5 Å². The molecule has 0 amide bonds. The average Bonchev–Trinajstić information content (AvgIpc) is 3.24. The van der Waals surface area contributed by atoms with Gasteiger partial charge in [-0.3, -0.25) is 0 Å². The van der Waals surface area contributed by atoms with Gasteiger partial charge in [0.05, 0.1) is 11.3 Å². The fourth-order valence-electron chi connectivity index (χ4n) is 5.68. The quantitative estimate of drug-likeness (QED) is 0.516. The van der Waals surface area contributed by atoms with E-state index in [1.165, 1.54) is 22.6 Å². The summed E-state index contributed by atoms with van der Waals surface area (Å²) in [7, 11) is 0. The normalized spacial score (nSPS) is 28.1. The van der Waals surface area contributed by atoms with Crippen LogP contribution in [0, 0.1) is 24.1 Å². The first-order valence-corrected chi connectivity index (χ1v) is 12.2. The molecule has 4 heterocycles. The van der Waals surface area contributed by atoms with Crippen molar-refractivity contribution in [3.63, 3.8) is 0 Å². The van der Waals surface area contributed by atoms with Crippen LogP contribution in [0.4, 0.5) is 28.5 Å². The van der Waals surface area contributed by atoms with Crippen molar-refractivity contribution < 1.29 is 17.6 Å². The number of hydrogen-bond acceptors (Lipinski definition) is 6. The lowest BCUT2D eigenvalue weighted by Gasteiger charge is -2.23. The van der Waals surface area contributed by atoms with Crippen LogP contribution in [0.1, 0.15) is 48.3 Å². The summed E-state index contributed by atoms with van der Waals surface area (Å²) in [6, 6.07) is 5.11. The van der Waals surface area contributed by atoms with Crippen molar-refractivity contribution in [1.29, 1.82) is 0 Å². The maximum absolute atomic E-state index is 14.0. The lowest BCUT2D eigenvalue weighted by Crippen LogP contribution is -2.30. The first-order chi connectivity index (χ1) is 16.1. The van der Waals surface area contributed by atoms with Crippen LogP contribution in [0.15, 0.2) is 24.3 Å². The number of aryl methyl sites for hydroxylation is 2. The molecule has 1 aromatic carbocycles. The Morgan fingerprint density at radius 2 is 2.03 bits per heavy atom. The third-order valence-electron chi connectivity index (χ3n) is 7.54. The van der Waals surface area contributed by atoms with Crippen molar-refractivity contribution in [3.05, 3.63) is 52.7 Å². The molecule has 2 fully saturated rings. The Bertz CT molecular complexity index is 1250. The molecule has 1 saturated carbocycles. The molecule has 2 aromatic heterocycles. The molecule has 6 nitrogen and oxygen atoms in total. The Morgan fingerprint density at radius 1 is 1.21 bits per heavy atom. The molecule has 1 saturated heterocycles. The average molecular weight is 493 g/mol. The van der Waals surface area contributed by atoms with Crippen molar-refractivity contribution in [3.8, 4) is 0 Å². The minimum absolute atomic E-state index is 0.104. The highest BCUT2D eigenvalue weighted by Crippen LogP contribution is 2.59. The van der Waals surface area contributed by atoms with Gasteiger partial charge in [-0.05, 0) is 61.1 Å². The van der Waals surface area contributed by atoms with Crippen LogP contribution in [-0.4, -0.2) is 38.3 Å². The molecule has 2 aliphatic heterocycles. The van der Waals surface area contributed by atoms with Crippen LogP contribution in [0.25, 0.3) is 0 Å². The van der Waals surface area contributed by atoms with Crippen LogP contribution in [0.5, 0.6) is 0 Å². The zero-order valence-corrected chi connectivity index (χ0v) is 19.5. The van der Waals surface area contributed by atoms with E-state index in [4.69, 9.17) is 0 Å². The zero-order chi connectivity index (χ0) is 23.8. The summed E-state index contributed by atoms with van der Waals surface area (Å²) in [5.74, 6) is 0.233. The Kier molecular flexibility index (Phi) is 4.75. The number of halogens is 4. The number of nitrogens with one attached hydrogen (secondary N) is 1. The fourth-order valence-corrected chi connectivity index (χ4v) is 6.45. The topological polar surface area (TPSA) is 58.9 Å². The van der Waals surface area contributed by atoms with E-state index in [0.29, 0.717) is 36.7 Å². The highest BCUT2D eigenvalue weighted by atomic mass is 32.1. The van der Waals surface area contributed by atoms with Gasteiger partial charge >= 0.3 is 6.18 Å². The molecular weight excluding hydrogens is 468 g/mol. The summed E-state index contributed by atoms with van der Waals surface area (Å²) < 4.78 is 59.9. The third-order valence-corrected chi connectivity index (χ3v) is 8.48. The van der Waals surface area contributed by atoms with E-state index in [-0.39, 0.29) is 17.0 Å². The fraction of sp³-hybridized carbons (Fsp3) is 0.522. The Morgan fingerprint density at radius 3 is 2.71 bits per heavy atom. The SMILES string of the molecule is Cc1cc(N2C[C@H]3[C@H](Nc4nc5n(n4)CCCC5c4cc(F)cc(C(F)(F)F)c4)C3(C)C2)sn1. The van der Waals surface area contributed by atoms with E-state index < -0.39 is 23.5 Å². The highest BCUT2D eigenvalue weighted by Gasteiger charge is 2.66. The van der Waals surface area contributed by atoms with Crippen molar-refractivity contribution >= 4 is 22.5 Å². The van der Waals surface area contributed by atoms with Crippen LogP contribution in [0.3, 0.4) is 0 Å². The van der Waals surface area contributed by atoms with E-state index in [1.54, 1.807) is 4.68 Å². The minimum Gasteiger partial charge on any atom is -0.361 e. The number of alkyl halides is 3. The number of hydrogen-bond donors (Lipinski definition) is 1. The largest absolute Gasteiger partial charge is 0.416 e. The second kappa shape index (κ2) is 7.40.